The highest BCUT2D eigenvalue weighted by Crippen LogP contribution is 2.22. The summed E-state index contributed by atoms with van der Waals surface area (Å²) in [4.78, 5) is 6.73. The highest BCUT2D eigenvalue weighted by molar-refractivity contribution is 7.80. The summed E-state index contributed by atoms with van der Waals surface area (Å²) in [6.07, 6.45) is 3.62. The number of thiocarbonyl (C=S) groups is 1. The smallest absolute Gasteiger partial charge is 0.106 e. The van der Waals surface area contributed by atoms with Gasteiger partial charge in [0.1, 0.15) is 4.99 Å². The van der Waals surface area contributed by atoms with Gasteiger partial charge in [-0.15, -0.1) is 0 Å². The second-order valence-electron chi connectivity index (χ2n) is 4.25. The number of para-hydroxylation sites is 1. The topological polar surface area (TPSA) is 42.2 Å². The van der Waals surface area contributed by atoms with Crippen LogP contribution < -0.4 is 10.6 Å². The zero-order valence-electron chi connectivity index (χ0n) is 10.9. The van der Waals surface area contributed by atoms with Gasteiger partial charge in [0.05, 0.1) is 0 Å². The quantitative estimate of drug-likeness (QED) is 0.849. The summed E-state index contributed by atoms with van der Waals surface area (Å²) >= 11 is 5.12. The molecular weight excluding hydrogens is 254 g/mol. The van der Waals surface area contributed by atoms with Gasteiger partial charge in [-0.05, 0) is 36.8 Å². The third-order valence-electron chi connectivity index (χ3n) is 3.01. The first-order chi connectivity index (χ1) is 9.22. The maximum Gasteiger partial charge on any atom is 0.106 e. The average molecular weight is 271 g/mol. The van der Waals surface area contributed by atoms with E-state index >= 15 is 0 Å². The molecular formula is C15H17N3S. The zero-order chi connectivity index (χ0) is 13.7. The van der Waals surface area contributed by atoms with Crippen LogP contribution in [0.1, 0.15) is 18.1 Å². The van der Waals surface area contributed by atoms with E-state index in [2.05, 4.69) is 22.9 Å². The van der Waals surface area contributed by atoms with Gasteiger partial charge in [-0.3, -0.25) is 4.98 Å². The second-order valence-corrected chi connectivity index (χ2v) is 4.69. The second kappa shape index (κ2) is 6.29. The molecule has 2 N–H and O–H groups in total. The summed E-state index contributed by atoms with van der Waals surface area (Å²) in [6, 6.07) is 12.0. The van der Waals surface area contributed by atoms with Crippen molar-refractivity contribution < 1.29 is 0 Å². The Morgan fingerprint density at radius 3 is 2.53 bits per heavy atom. The summed E-state index contributed by atoms with van der Waals surface area (Å²) in [7, 11) is 0. The number of hydrogen-bond donors (Lipinski definition) is 1. The summed E-state index contributed by atoms with van der Waals surface area (Å²) < 4.78 is 0. The van der Waals surface area contributed by atoms with Crippen molar-refractivity contribution in [3.8, 4) is 0 Å². The number of aromatic nitrogens is 1. The van der Waals surface area contributed by atoms with Crippen molar-refractivity contribution >= 4 is 22.9 Å². The van der Waals surface area contributed by atoms with Crippen LogP contribution in [0.2, 0.25) is 0 Å². The van der Waals surface area contributed by atoms with Crippen LogP contribution in [0.25, 0.3) is 0 Å². The van der Waals surface area contributed by atoms with Crippen molar-refractivity contribution in [2.24, 2.45) is 5.73 Å². The first kappa shape index (κ1) is 13.5. The van der Waals surface area contributed by atoms with Crippen molar-refractivity contribution in [2.75, 3.05) is 11.4 Å². The molecule has 1 heterocycles. The SMILES string of the molecule is CCN(Cc1ccncc1)c1ccccc1C(N)=S. The molecule has 0 saturated heterocycles. The van der Waals surface area contributed by atoms with Gasteiger partial charge >= 0.3 is 0 Å². The number of rotatable bonds is 5. The van der Waals surface area contributed by atoms with E-state index in [9.17, 15) is 0 Å². The van der Waals surface area contributed by atoms with E-state index in [0.717, 1.165) is 24.3 Å². The largest absolute Gasteiger partial charge is 0.389 e. The van der Waals surface area contributed by atoms with E-state index in [-0.39, 0.29) is 0 Å². The number of benzene rings is 1. The fourth-order valence-corrected chi connectivity index (χ4v) is 2.21. The molecule has 98 valence electrons. The number of anilines is 1. The van der Waals surface area contributed by atoms with Gasteiger partial charge in [0, 0.05) is 36.7 Å². The molecule has 0 aliphatic rings. The van der Waals surface area contributed by atoms with Gasteiger partial charge in [-0.1, -0.05) is 24.4 Å². The molecule has 0 aliphatic carbocycles. The maximum atomic E-state index is 5.80. The van der Waals surface area contributed by atoms with Crippen LogP contribution in [0.15, 0.2) is 48.8 Å². The molecule has 19 heavy (non-hydrogen) atoms. The standard InChI is InChI=1S/C15H17N3S/c1-2-18(11-12-7-9-17-10-8-12)14-6-4-3-5-13(14)15(16)19/h3-10H,2,11H2,1H3,(H2,16,19). The third-order valence-corrected chi connectivity index (χ3v) is 3.23. The van der Waals surface area contributed by atoms with Crippen molar-refractivity contribution in [3.63, 3.8) is 0 Å². The lowest BCUT2D eigenvalue weighted by Gasteiger charge is -2.25. The molecule has 0 amide bonds. The Labute approximate surface area is 119 Å². The molecule has 4 heteroatoms. The first-order valence-corrected chi connectivity index (χ1v) is 6.66. The Hall–Kier alpha value is -1.94. The molecule has 0 spiro atoms. The molecule has 0 aliphatic heterocycles. The molecule has 0 unspecified atom stereocenters. The Bertz CT molecular complexity index is 554. The minimum atomic E-state index is 0.434. The monoisotopic (exact) mass is 271 g/mol. The molecule has 2 aromatic rings. The summed E-state index contributed by atoms with van der Waals surface area (Å²) in [5.41, 5.74) is 9.01. The highest BCUT2D eigenvalue weighted by atomic mass is 32.1. The van der Waals surface area contributed by atoms with Crippen LogP contribution in [0.3, 0.4) is 0 Å². The fraction of sp³-hybridized carbons (Fsp3) is 0.200. The van der Waals surface area contributed by atoms with Gasteiger partial charge in [-0.2, -0.15) is 0 Å². The highest BCUT2D eigenvalue weighted by Gasteiger charge is 2.11. The Balaban J connectivity index is 2.30. The minimum Gasteiger partial charge on any atom is -0.389 e. The van der Waals surface area contributed by atoms with Crippen molar-refractivity contribution in [2.45, 2.75) is 13.5 Å². The predicted octanol–water partition coefficient (Wildman–Crippen LogP) is 2.74. The molecule has 0 fully saturated rings. The molecule has 1 aromatic heterocycles. The zero-order valence-corrected chi connectivity index (χ0v) is 11.7. The molecule has 0 bridgehead atoms. The molecule has 1 aromatic carbocycles. The van der Waals surface area contributed by atoms with Crippen LogP contribution in [0.5, 0.6) is 0 Å². The lowest BCUT2D eigenvalue weighted by molar-refractivity contribution is 0.829. The van der Waals surface area contributed by atoms with E-state index in [1.807, 2.05) is 42.7 Å². The summed E-state index contributed by atoms with van der Waals surface area (Å²) in [5.74, 6) is 0. The third kappa shape index (κ3) is 3.29. The summed E-state index contributed by atoms with van der Waals surface area (Å²) in [5, 5.41) is 0. The minimum absolute atomic E-state index is 0.434. The molecule has 2 rings (SSSR count). The lowest BCUT2D eigenvalue weighted by atomic mass is 10.1. The van der Waals surface area contributed by atoms with E-state index in [1.165, 1.54) is 5.56 Å². The van der Waals surface area contributed by atoms with Crippen LogP contribution in [0, 0.1) is 0 Å². The lowest BCUT2D eigenvalue weighted by Crippen LogP contribution is -2.25. The molecule has 0 atom stereocenters. The Kier molecular flexibility index (Phi) is 4.47. The average Bonchev–Trinajstić information content (AvgIpc) is 2.46. The molecule has 0 saturated carbocycles. The molecule has 3 nitrogen and oxygen atoms in total. The van der Waals surface area contributed by atoms with Gasteiger partial charge in [0.2, 0.25) is 0 Å². The Morgan fingerprint density at radius 1 is 1.21 bits per heavy atom. The van der Waals surface area contributed by atoms with Gasteiger partial charge < -0.3 is 10.6 Å². The van der Waals surface area contributed by atoms with Gasteiger partial charge in [0.15, 0.2) is 0 Å². The number of nitrogens with zero attached hydrogens (tertiary/aromatic N) is 2. The Morgan fingerprint density at radius 2 is 1.89 bits per heavy atom. The van der Waals surface area contributed by atoms with E-state index in [0.29, 0.717) is 4.99 Å². The van der Waals surface area contributed by atoms with E-state index < -0.39 is 0 Å². The number of pyridine rings is 1. The summed E-state index contributed by atoms with van der Waals surface area (Å²) in [6.45, 7) is 3.83. The molecule has 0 radical (unpaired) electrons. The van der Waals surface area contributed by atoms with E-state index in [1.54, 1.807) is 0 Å². The maximum absolute atomic E-state index is 5.80. The van der Waals surface area contributed by atoms with Crippen LogP contribution >= 0.6 is 12.2 Å². The van der Waals surface area contributed by atoms with Crippen molar-refractivity contribution in [1.82, 2.24) is 4.98 Å². The first-order valence-electron chi connectivity index (χ1n) is 6.25. The number of nitrogens with two attached hydrogens (primary N) is 1. The van der Waals surface area contributed by atoms with Crippen molar-refractivity contribution in [1.29, 1.82) is 0 Å². The predicted molar refractivity (Wildman–Crippen MR) is 83.3 cm³/mol. The van der Waals surface area contributed by atoms with Crippen LogP contribution in [0.4, 0.5) is 5.69 Å². The fourth-order valence-electron chi connectivity index (χ4n) is 2.03. The van der Waals surface area contributed by atoms with Gasteiger partial charge in [0.25, 0.3) is 0 Å². The van der Waals surface area contributed by atoms with Crippen LogP contribution in [-0.2, 0) is 6.54 Å². The number of hydrogen-bond acceptors (Lipinski definition) is 3. The van der Waals surface area contributed by atoms with Crippen molar-refractivity contribution in [3.05, 3.63) is 59.9 Å². The van der Waals surface area contributed by atoms with Gasteiger partial charge in [-0.25, -0.2) is 0 Å². The van der Waals surface area contributed by atoms with E-state index in [4.69, 9.17) is 18.0 Å². The van der Waals surface area contributed by atoms with Crippen LogP contribution in [-0.4, -0.2) is 16.5 Å². The normalized spacial score (nSPS) is 10.2.